The van der Waals surface area contributed by atoms with Crippen LogP contribution in [0.25, 0.3) is 22.3 Å². The van der Waals surface area contributed by atoms with E-state index < -0.39 is 9.84 Å². The summed E-state index contributed by atoms with van der Waals surface area (Å²) < 4.78 is 39.6. The highest BCUT2D eigenvalue weighted by molar-refractivity contribution is 7.90. The maximum absolute atomic E-state index is 12.1. The summed E-state index contributed by atoms with van der Waals surface area (Å²) in [5.41, 5.74) is 4.77. The normalized spacial score (nSPS) is 17.4. The third-order valence-electron chi connectivity index (χ3n) is 9.28. The van der Waals surface area contributed by atoms with Crippen LogP contribution in [0, 0.1) is 11.3 Å². The van der Waals surface area contributed by atoms with Crippen LogP contribution in [0.2, 0.25) is 0 Å². The van der Waals surface area contributed by atoms with Crippen LogP contribution in [0.15, 0.2) is 78.5 Å². The fraction of sp³-hybridized carbons (Fsp3) is 0.395. The van der Waals surface area contributed by atoms with E-state index in [2.05, 4.69) is 52.7 Å². The van der Waals surface area contributed by atoms with Crippen molar-refractivity contribution in [1.29, 1.82) is 5.26 Å². The smallest absolute Gasteiger partial charge is 0.250 e. The average molecular weight is 750 g/mol. The first-order valence-electron chi connectivity index (χ1n) is 18.3. The molecule has 6 aromatic rings. The van der Waals surface area contributed by atoms with Crippen molar-refractivity contribution in [3.8, 4) is 6.07 Å². The monoisotopic (exact) mass is 749 g/mol. The van der Waals surface area contributed by atoms with Crippen LogP contribution >= 0.6 is 0 Å². The number of nitriles is 1. The molecule has 4 aromatic heterocycles. The highest BCUT2D eigenvalue weighted by Gasteiger charge is 2.24. The number of nitrogens with one attached hydrogen (secondary N) is 2. The second-order valence-corrected chi connectivity index (χ2v) is 15.2. The van der Waals surface area contributed by atoms with Gasteiger partial charge in [0.15, 0.2) is 34.0 Å². The molecule has 6 heterocycles. The van der Waals surface area contributed by atoms with Gasteiger partial charge in [0.05, 0.1) is 12.7 Å². The number of hydrogen-bond donors (Lipinski definition) is 2. The number of rotatable bonds is 11. The Kier molecular flexibility index (Phi) is 11.7. The number of imidazole rings is 2. The molecule has 2 aromatic carbocycles. The molecule has 2 N–H and O–H groups in total. The van der Waals surface area contributed by atoms with Gasteiger partial charge in [0.2, 0.25) is 15.7 Å². The van der Waals surface area contributed by atoms with Gasteiger partial charge in [0, 0.05) is 32.6 Å². The second-order valence-electron chi connectivity index (χ2n) is 13.2. The van der Waals surface area contributed by atoms with Gasteiger partial charge in [-0.25, -0.2) is 18.4 Å². The van der Waals surface area contributed by atoms with E-state index in [1.54, 1.807) is 12.7 Å². The number of benzene rings is 2. The van der Waals surface area contributed by atoms with E-state index in [1.807, 2.05) is 63.7 Å². The Balaban J connectivity index is 0.000000167. The maximum Gasteiger partial charge on any atom is 0.250 e. The van der Waals surface area contributed by atoms with Crippen LogP contribution < -0.4 is 10.6 Å². The van der Waals surface area contributed by atoms with Crippen molar-refractivity contribution in [2.24, 2.45) is 0 Å². The second kappa shape index (κ2) is 17.1. The standard InChI is InChI=1S/C19H20N6O.C19H23N5O3S/c20-12-15-23-18(21-10-9-14-6-2-1-3-7-14)17-19(24-15)25(13-22-17)16-8-4-5-11-26-16;1-28(25,26)19-22-17(20-11-10-14-7-3-2-4-8-14)16-18(23-19)24(13-21-16)15-9-5-6-12-27-15/h1-3,6-7,13,16H,4-5,8-11H2,(H,21,23,24);2-4,7-8,13,15H,5-6,9-12H2,1H3,(H,20,22,23). The number of anilines is 2. The molecule has 8 rings (SSSR count). The summed E-state index contributed by atoms with van der Waals surface area (Å²) in [5.74, 6) is 1.16. The van der Waals surface area contributed by atoms with Crippen LogP contribution in [-0.2, 0) is 32.2 Å². The summed E-state index contributed by atoms with van der Waals surface area (Å²) in [6.45, 7) is 2.72. The summed E-state index contributed by atoms with van der Waals surface area (Å²) in [5, 5.41) is 15.6. The Hall–Kier alpha value is -5.50. The van der Waals surface area contributed by atoms with Gasteiger partial charge >= 0.3 is 0 Å². The summed E-state index contributed by atoms with van der Waals surface area (Å²) in [6, 6.07) is 22.3. The molecule has 0 bridgehead atoms. The van der Waals surface area contributed by atoms with E-state index in [0.29, 0.717) is 53.7 Å². The predicted molar refractivity (Wildman–Crippen MR) is 203 cm³/mol. The van der Waals surface area contributed by atoms with Crippen molar-refractivity contribution in [3.63, 3.8) is 0 Å². The zero-order valence-corrected chi connectivity index (χ0v) is 31.0. The quantitative estimate of drug-likeness (QED) is 0.155. The SMILES string of the molecule is CS(=O)(=O)c1nc(NCCc2ccccc2)c2ncn(C3CCCCO3)c2n1.N#Cc1nc(NCCc2ccccc2)c2ncn(C3CCCCO3)c2n1. The van der Waals surface area contributed by atoms with Gasteiger partial charge in [-0.2, -0.15) is 25.2 Å². The lowest BCUT2D eigenvalue weighted by Gasteiger charge is -2.23. The molecule has 2 aliphatic rings. The molecule has 2 saturated heterocycles. The minimum atomic E-state index is -3.56. The van der Waals surface area contributed by atoms with Crippen molar-refractivity contribution in [1.82, 2.24) is 39.0 Å². The molecule has 2 unspecified atom stereocenters. The molecule has 54 heavy (non-hydrogen) atoms. The number of fused-ring (bicyclic) bond motifs is 2. The van der Waals surface area contributed by atoms with Gasteiger partial charge in [0.1, 0.15) is 18.5 Å². The fourth-order valence-corrected chi connectivity index (χ4v) is 7.03. The van der Waals surface area contributed by atoms with E-state index in [0.717, 1.165) is 64.2 Å². The Morgan fingerprint density at radius 3 is 1.69 bits per heavy atom. The van der Waals surface area contributed by atoms with Crippen molar-refractivity contribution in [2.75, 3.05) is 43.2 Å². The first-order chi connectivity index (χ1) is 26.4. The van der Waals surface area contributed by atoms with Crippen LogP contribution in [-0.4, -0.2) is 80.0 Å². The van der Waals surface area contributed by atoms with Gasteiger partial charge in [-0.15, -0.1) is 0 Å². The molecule has 2 fully saturated rings. The number of aromatic nitrogens is 8. The molecule has 280 valence electrons. The molecular formula is C38H43N11O4S. The first-order valence-corrected chi connectivity index (χ1v) is 20.1. The summed E-state index contributed by atoms with van der Waals surface area (Å²) >= 11 is 0. The van der Waals surface area contributed by atoms with Crippen LogP contribution in [0.5, 0.6) is 0 Å². The van der Waals surface area contributed by atoms with E-state index in [9.17, 15) is 13.7 Å². The lowest BCUT2D eigenvalue weighted by Crippen LogP contribution is -2.18. The molecule has 0 aliphatic carbocycles. The molecule has 2 aliphatic heterocycles. The number of hydrogen-bond acceptors (Lipinski definition) is 13. The van der Waals surface area contributed by atoms with Crippen LogP contribution in [0.3, 0.4) is 0 Å². The zero-order valence-electron chi connectivity index (χ0n) is 30.1. The van der Waals surface area contributed by atoms with Gasteiger partial charge in [0.25, 0.3) is 5.16 Å². The Morgan fingerprint density at radius 2 is 1.22 bits per heavy atom. The number of nitrogens with zero attached hydrogens (tertiary/aromatic N) is 9. The van der Waals surface area contributed by atoms with Gasteiger partial charge < -0.3 is 20.1 Å². The summed E-state index contributed by atoms with van der Waals surface area (Å²) in [4.78, 5) is 26.1. The minimum absolute atomic E-state index is 0.0765. The predicted octanol–water partition coefficient (Wildman–Crippen LogP) is 5.64. The lowest BCUT2D eigenvalue weighted by atomic mass is 10.1. The van der Waals surface area contributed by atoms with Gasteiger partial charge in [-0.3, -0.25) is 9.13 Å². The van der Waals surface area contributed by atoms with Crippen LogP contribution in [0.1, 0.15) is 67.9 Å². The minimum Gasteiger partial charge on any atom is -0.368 e. The van der Waals surface area contributed by atoms with Crippen LogP contribution in [0.4, 0.5) is 11.6 Å². The maximum atomic E-state index is 12.1. The largest absolute Gasteiger partial charge is 0.368 e. The van der Waals surface area contributed by atoms with E-state index >= 15 is 0 Å². The number of ether oxygens (including phenoxy) is 2. The highest BCUT2D eigenvalue weighted by atomic mass is 32.2. The van der Waals surface area contributed by atoms with Gasteiger partial charge in [-0.05, 0) is 62.5 Å². The molecule has 0 radical (unpaired) electrons. The molecule has 0 spiro atoms. The molecule has 0 amide bonds. The fourth-order valence-electron chi connectivity index (χ4n) is 6.52. The zero-order chi connectivity index (χ0) is 37.3. The number of sulfone groups is 1. The Morgan fingerprint density at radius 1 is 0.722 bits per heavy atom. The highest BCUT2D eigenvalue weighted by Crippen LogP contribution is 2.30. The van der Waals surface area contributed by atoms with E-state index in [1.165, 1.54) is 11.1 Å². The molecule has 0 saturated carbocycles. The summed E-state index contributed by atoms with van der Waals surface area (Å²) in [6.07, 6.45) is 11.9. The van der Waals surface area contributed by atoms with Crippen molar-refractivity contribution in [3.05, 3.63) is 90.3 Å². The van der Waals surface area contributed by atoms with Crippen molar-refractivity contribution >= 4 is 43.8 Å². The Bertz CT molecular complexity index is 2310. The van der Waals surface area contributed by atoms with Gasteiger partial charge in [-0.1, -0.05) is 60.7 Å². The third kappa shape index (κ3) is 8.82. The van der Waals surface area contributed by atoms with E-state index in [4.69, 9.17) is 9.47 Å². The lowest BCUT2D eigenvalue weighted by molar-refractivity contribution is -0.0299. The Labute approximate surface area is 313 Å². The first kappa shape index (κ1) is 36.8. The molecule has 16 heteroatoms. The molecular weight excluding hydrogens is 707 g/mol. The average Bonchev–Trinajstić information content (AvgIpc) is 3.84. The van der Waals surface area contributed by atoms with E-state index in [-0.39, 0.29) is 23.4 Å². The topological polar surface area (TPSA) is 188 Å². The molecule has 15 nitrogen and oxygen atoms in total. The van der Waals surface area contributed by atoms with Crippen molar-refractivity contribution < 1.29 is 17.9 Å². The van der Waals surface area contributed by atoms with Crippen molar-refractivity contribution in [2.45, 2.75) is 69.0 Å². The summed E-state index contributed by atoms with van der Waals surface area (Å²) in [7, 11) is -3.56. The molecule has 2 atom stereocenters. The third-order valence-corrected chi connectivity index (χ3v) is 10.1.